The summed E-state index contributed by atoms with van der Waals surface area (Å²) in [5.74, 6) is 0.733. The van der Waals surface area contributed by atoms with E-state index in [4.69, 9.17) is 10.00 Å². The van der Waals surface area contributed by atoms with Crippen LogP contribution in [0.4, 0.5) is 5.69 Å². The second-order valence-electron chi connectivity index (χ2n) is 5.91. The first kappa shape index (κ1) is 17.8. The number of rotatable bonds is 8. The number of anilines is 1. The minimum absolute atomic E-state index is 0.274. The van der Waals surface area contributed by atoms with Gasteiger partial charge in [0.05, 0.1) is 11.6 Å². The van der Waals surface area contributed by atoms with Gasteiger partial charge in [0.2, 0.25) is 0 Å². The molecule has 5 nitrogen and oxygen atoms in total. The van der Waals surface area contributed by atoms with Gasteiger partial charge in [-0.25, -0.2) is 0 Å². The summed E-state index contributed by atoms with van der Waals surface area (Å²) in [6.45, 7) is 1.54. The summed E-state index contributed by atoms with van der Waals surface area (Å²) in [5.41, 5.74) is 2.76. The fourth-order valence-corrected chi connectivity index (χ4v) is 2.24. The number of hydrogen-bond donors (Lipinski definition) is 2. The van der Waals surface area contributed by atoms with E-state index in [9.17, 15) is 5.11 Å². The van der Waals surface area contributed by atoms with E-state index in [1.54, 1.807) is 0 Å². The molecule has 2 rings (SSSR count). The van der Waals surface area contributed by atoms with E-state index in [1.165, 1.54) is 0 Å². The molecule has 0 aliphatic carbocycles. The molecule has 0 aliphatic heterocycles. The molecule has 0 heterocycles. The van der Waals surface area contributed by atoms with Crippen molar-refractivity contribution < 1.29 is 9.84 Å². The molecule has 2 aromatic carbocycles. The molecule has 2 N–H and O–H groups in total. The number of benzene rings is 2. The Kier molecular flexibility index (Phi) is 6.62. The van der Waals surface area contributed by atoms with Gasteiger partial charge in [0, 0.05) is 18.8 Å². The van der Waals surface area contributed by atoms with Crippen LogP contribution in [0.2, 0.25) is 0 Å². The molecule has 0 amide bonds. The summed E-state index contributed by atoms with van der Waals surface area (Å²) in [6.07, 6.45) is -0.505. The van der Waals surface area contributed by atoms with Gasteiger partial charge >= 0.3 is 0 Å². The van der Waals surface area contributed by atoms with Crippen LogP contribution in [0.3, 0.4) is 0 Å². The van der Waals surface area contributed by atoms with Crippen molar-refractivity contribution in [1.29, 1.82) is 5.26 Å². The van der Waals surface area contributed by atoms with Gasteiger partial charge in [-0.1, -0.05) is 12.1 Å². The van der Waals surface area contributed by atoms with Crippen molar-refractivity contribution in [2.24, 2.45) is 0 Å². The highest BCUT2D eigenvalue weighted by Crippen LogP contribution is 2.17. The summed E-state index contributed by atoms with van der Waals surface area (Å²) in [6, 6.07) is 17.3. The van der Waals surface area contributed by atoms with Crippen LogP contribution < -0.4 is 10.1 Å². The minimum atomic E-state index is -0.505. The van der Waals surface area contributed by atoms with E-state index >= 15 is 0 Å². The number of ether oxygens (including phenoxy) is 1. The Hall–Kier alpha value is -2.55. The van der Waals surface area contributed by atoms with Crippen LogP contribution in [0.25, 0.3) is 0 Å². The maximum Gasteiger partial charge on any atom is 0.119 e. The molecule has 0 aliphatic rings. The molecular formula is C19H23N3O2. The zero-order chi connectivity index (χ0) is 17.4. The van der Waals surface area contributed by atoms with Crippen LogP contribution in [0.1, 0.15) is 11.1 Å². The van der Waals surface area contributed by atoms with Crippen molar-refractivity contribution >= 4 is 5.69 Å². The van der Waals surface area contributed by atoms with Gasteiger partial charge in [-0.15, -0.1) is 0 Å². The molecule has 126 valence electrons. The third-order valence-electron chi connectivity index (χ3n) is 3.45. The molecule has 0 bridgehead atoms. The van der Waals surface area contributed by atoms with Crippen LogP contribution >= 0.6 is 0 Å². The number of nitrogens with zero attached hydrogens (tertiary/aromatic N) is 2. The number of aliphatic hydroxyl groups is 1. The Morgan fingerprint density at radius 2 is 1.79 bits per heavy atom. The summed E-state index contributed by atoms with van der Waals surface area (Å²) in [5, 5.41) is 21.9. The van der Waals surface area contributed by atoms with E-state index in [2.05, 4.69) is 11.4 Å². The minimum Gasteiger partial charge on any atom is -0.491 e. The molecule has 24 heavy (non-hydrogen) atoms. The highest BCUT2D eigenvalue weighted by molar-refractivity contribution is 5.47. The lowest BCUT2D eigenvalue weighted by Gasteiger charge is -2.16. The van der Waals surface area contributed by atoms with Crippen LogP contribution in [0, 0.1) is 11.3 Å². The van der Waals surface area contributed by atoms with Gasteiger partial charge in [-0.2, -0.15) is 5.26 Å². The monoisotopic (exact) mass is 325 g/mol. The Labute approximate surface area is 143 Å². The highest BCUT2D eigenvalue weighted by atomic mass is 16.5. The lowest BCUT2D eigenvalue weighted by molar-refractivity contribution is 0.0831. The standard InChI is InChI=1S/C19H23N3O2/c1-22(2)13-18(23)14-24-19-9-7-17(8-10-19)21-12-16-5-3-15(11-20)4-6-16/h3-10,18,21,23H,12-14H2,1-2H3. The second-order valence-corrected chi connectivity index (χ2v) is 5.91. The average Bonchev–Trinajstić information content (AvgIpc) is 2.59. The smallest absolute Gasteiger partial charge is 0.119 e. The molecule has 2 aromatic rings. The zero-order valence-electron chi connectivity index (χ0n) is 14.1. The SMILES string of the molecule is CN(C)CC(O)COc1ccc(NCc2ccc(C#N)cc2)cc1. The van der Waals surface area contributed by atoms with Crippen molar-refractivity contribution in [1.82, 2.24) is 4.90 Å². The highest BCUT2D eigenvalue weighted by Gasteiger charge is 2.06. The lowest BCUT2D eigenvalue weighted by atomic mass is 10.1. The Bertz CT molecular complexity index is 661. The summed E-state index contributed by atoms with van der Waals surface area (Å²) in [4.78, 5) is 1.92. The first-order valence-corrected chi connectivity index (χ1v) is 7.85. The third kappa shape index (κ3) is 5.92. The Morgan fingerprint density at radius 1 is 1.12 bits per heavy atom. The van der Waals surface area contributed by atoms with E-state index in [0.717, 1.165) is 17.0 Å². The fraction of sp³-hybridized carbons (Fsp3) is 0.316. The quantitative estimate of drug-likeness (QED) is 0.780. The number of nitrogens with one attached hydrogen (secondary N) is 1. The molecular weight excluding hydrogens is 302 g/mol. The van der Waals surface area contributed by atoms with Crippen molar-refractivity contribution in [2.75, 3.05) is 32.6 Å². The van der Waals surface area contributed by atoms with Gasteiger partial charge in [0.1, 0.15) is 18.5 Å². The molecule has 0 spiro atoms. The molecule has 1 unspecified atom stereocenters. The van der Waals surface area contributed by atoms with Crippen molar-refractivity contribution in [3.63, 3.8) is 0 Å². The predicted octanol–water partition coefficient (Wildman–Crippen LogP) is 2.47. The van der Waals surface area contributed by atoms with Gasteiger partial charge in [0.15, 0.2) is 0 Å². The number of aliphatic hydroxyl groups excluding tert-OH is 1. The van der Waals surface area contributed by atoms with Gasteiger partial charge in [-0.05, 0) is 56.1 Å². The lowest BCUT2D eigenvalue weighted by Crippen LogP contribution is -2.30. The maximum absolute atomic E-state index is 9.78. The number of hydrogen-bond acceptors (Lipinski definition) is 5. The van der Waals surface area contributed by atoms with Gasteiger partial charge in [-0.3, -0.25) is 0 Å². The largest absolute Gasteiger partial charge is 0.491 e. The molecule has 5 heteroatoms. The van der Waals surface area contributed by atoms with E-state index < -0.39 is 6.10 Å². The van der Waals surface area contributed by atoms with Crippen LogP contribution in [-0.4, -0.2) is 43.4 Å². The third-order valence-corrected chi connectivity index (χ3v) is 3.45. The Balaban J connectivity index is 1.80. The first-order chi connectivity index (χ1) is 11.6. The van der Waals surface area contributed by atoms with Gasteiger partial charge < -0.3 is 20.1 Å². The second kappa shape index (κ2) is 8.92. The maximum atomic E-state index is 9.78. The van der Waals surface area contributed by atoms with Crippen LogP contribution in [0.15, 0.2) is 48.5 Å². The first-order valence-electron chi connectivity index (χ1n) is 7.85. The number of nitriles is 1. The number of likely N-dealkylation sites (N-methyl/N-ethyl adjacent to an activating group) is 1. The van der Waals surface area contributed by atoms with Crippen molar-refractivity contribution in [3.05, 3.63) is 59.7 Å². The molecule has 0 aromatic heterocycles. The molecule has 0 saturated carbocycles. The van der Waals surface area contributed by atoms with Crippen molar-refractivity contribution in [2.45, 2.75) is 12.6 Å². The topological polar surface area (TPSA) is 68.5 Å². The summed E-state index contributed by atoms with van der Waals surface area (Å²) < 4.78 is 5.58. The molecule has 0 saturated heterocycles. The summed E-state index contributed by atoms with van der Waals surface area (Å²) >= 11 is 0. The van der Waals surface area contributed by atoms with Crippen LogP contribution in [-0.2, 0) is 6.54 Å². The van der Waals surface area contributed by atoms with Crippen LogP contribution in [0.5, 0.6) is 5.75 Å². The fourth-order valence-electron chi connectivity index (χ4n) is 2.24. The Morgan fingerprint density at radius 3 is 2.38 bits per heavy atom. The zero-order valence-corrected chi connectivity index (χ0v) is 14.1. The van der Waals surface area contributed by atoms with E-state index in [-0.39, 0.29) is 6.61 Å². The van der Waals surface area contributed by atoms with Gasteiger partial charge in [0.25, 0.3) is 0 Å². The molecule has 0 radical (unpaired) electrons. The van der Waals surface area contributed by atoms with Crippen molar-refractivity contribution in [3.8, 4) is 11.8 Å². The normalized spacial score (nSPS) is 11.8. The predicted molar refractivity (Wildman–Crippen MR) is 95.0 cm³/mol. The van der Waals surface area contributed by atoms with E-state index in [0.29, 0.717) is 18.7 Å². The molecule has 0 fully saturated rings. The summed E-state index contributed by atoms with van der Waals surface area (Å²) in [7, 11) is 3.83. The molecule has 1 atom stereocenters. The van der Waals surface area contributed by atoms with E-state index in [1.807, 2.05) is 67.5 Å². The average molecular weight is 325 g/mol.